The Morgan fingerprint density at radius 1 is 1.15 bits per heavy atom. The van der Waals surface area contributed by atoms with Gasteiger partial charge in [-0.25, -0.2) is 4.98 Å². The molecule has 0 bridgehead atoms. The van der Waals surface area contributed by atoms with Crippen LogP contribution in [0.4, 0.5) is 19.0 Å². The van der Waals surface area contributed by atoms with Crippen LogP contribution in [0.2, 0.25) is 0 Å². The summed E-state index contributed by atoms with van der Waals surface area (Å²) >= 11 is 0. The first kappa shape index (κ1) is 16.4. The van der Waals surface area contributed by atoms with E-state index in [-0.39, 0.29) is 18.6 Å². The van der Waals surface area contributed by atoms with Crippen LogP contribution in [0.25, 0.3) is 5.78 Å². The van der Waals surface area contributed by atoms with E-state index in [9.17, 15) is 13.2 Å². The average molecular weight is 365 g/mol. The summed E-state index contributed by atoms with van der Waals surface area (Å²) in [6.45, 7) is 3.73. The van der Waals surface area contributed by atoms with Gasteiger partial charge in [-0.3, -0.25) is 0 Å². The Bertz CT molecular complexity index is 986. The molecule has 0 fully saturated rings. The SMILES string of the molecule is Cc1cc(NC(C)c2ccc3c(c2)OCO3)n2nc(C(F)(F)F)nc2n1. The number of halogens is 3. The highest BCUT2D eigenvalue weighted by atomic mass is 19.4. The number of hydrogen-bond donors (Lipinski definition) is 1. The van der Waals surface area contributed by atoms with Crippen molar-refractivity contribution in [3.63, 3.8) is 0 Å². The van der Waals surface area contributed by atoms with Gasteiger partial charge in [-0.05, 0) is 31.5 Å². The zero-order valence-corrected chi connectivity index (χ0v) is 13.8. The number of fused-ring (bicyclic) bond motifs is 2. The second-order valence-corrected chi connectivity index (χ2v) is 5.91. The number of anilines is 1. The molecule has 0 saturated carbocycles. The van der Waals surface area contributed by atoms with E-state index in [1.54, 1.807) is 19.1 Å². The van der Waals surface area contributed by atoms with Crippen molar-refractivity contribution in [2.24, 2.45) is 0 Å². The van der Waals surface area contributed by atoms with Crippen LogP contribution < -0.4 is 14.8 Å². The van der Waals surface area contributed by atoms with Crippen molar-refractivity contribution in [2.45, 2.75) is 26.1 Å². The number of aryl methyl sites for hydroxylation is 1. The molecule has 4 rings (SSSR count). The summed E-state index contributed by atoms with van der Waals surface area (Å²) in [7, 11) is 0. The Hall–Kier alpha value is -3.04. The lowest BCUT2D eigenvalue weighted by Gasteiger charge is -2.17. The summed E-state index contributed by atoms with van der Waals surface area (Å²) in [5.41, 5.74) is 1.41. The predicted molar refractivity (Wildman–Crippen MR) is 85.1 cm³/mol. The quantitative estimate of drug-likeness (QED) is 0.767. The first-order valence-corrected chi connectivity index (χ1v) is 7.79. The molecule has 3 aromatic rings. The molecule has 0 aliphatic carbocycles. The van der Waals surface area contributed by atoms with Crippen LogP contribution in [-0.4, -0.2) is 26.4 Å². The van der Waals surface area contributed by atoms with E-state index in [1.165, 1.54) is 0 Å². The molecule has 10 heteroatoms. The summed E-state index contributed by atoms with van der Waals surface area (Å²) in [4.78, 5) is 7.48. The van der Waals surface area contributed by atoms with Gasteiger partial charge in [-0.1, -0.05) is 6.07 Å². The van der Waals surface area contributed by atoms with E-state index in [1.807, 2.05) is 19.1 Å². The molecule has 1 N–H and O–H groups in total. The molecule has 0 radical (unpaired) electrons. The van der Waals surface area contributed by atoms with Crippen molar-refractivity contribution >= 4 is 11.6 Å². The summed E-state index contributed by atoms with van der Waals surface area (Å²) in [5, 5.41) is 6.70. The smallest absolute Gasteiger partial charge is 0.453 e. The molecule has 0 spiro atoms. The summed E-state index contributed by atoms with van der Waals surface area (Å²) in [6, 6.07) is 6.87. The molecule has 1 aliphatic heterocycles. The number of rotatable bonds is 3. The zero-order chi connectivity index (χ0) is 18.5. The molecule has 1 aromatic carbocycles. The number of ether oxygens (including phenoxy) is 2. The van der Waals surface area contributed by atoms with E-state index in [2.05, 4.69) is 20.4 Å². The standard InChI is InChI=1S/C16H14F3N5O2/c1-8-5-13(24-15(20-8)22-14(23-24)16(17,18)19)21-9(2)10-3-4-11-12(6-10)26-7-25-11/h3-6,9,21H,7H2,1-2H3. The van der Waals surface area contributed by atoms with E-state index < -0.39 is 12.0 Å². The molecule has 1 atom stereocenters. The monoisotopic (exact) mass is 365 g/mol. The van der Waals surface area contributed by atoms with Gasteiger partial charge in [0, 0.05) is 11.8 Å². The van der Waals surface area contributed by atoms with Crippen LogP contribution in [0, 0.1) is 6.92 Å². The lowest BCUT2D eigenvalue weighted by molar-refractivity contribution is -0.144. The third-order valence-corrected chi connectivity index (χ3v) is 3.95. The highest BCUT2D eigenvalue weighted by Crippen LogP contribution is 2.35. The Balaban J connectivity index is 1.69. The molecular weight excluding hydrogens is 351 g/mol. The number of alkyl halides is 3. The van der Waals surface area contributed by atoms with Crippen LogP contribution >= 0.6 is 0 Å². The summed E-state index contributed by atoms with van der Waals surface area (Å²) in [5.74, 6) is 0.314. The maximum Gasteiger partial charge on any atom is 0.453 e. The molecule has 0 saturated heterocycles. The third kappa shape index (κ3) is 2.87. The lowest BCUT2D eigenvalue weighted by Crippen LogP contribution is -2.12. The first-order chi connectivity index (χ1) is 12.3. The normalized spacial score (nSPS) is 14.7. The molecule has 1 unspecified atom stereocenters. The number of aromatic nitrogens is 4. The van der Waals surface area contributed by atoms with Crippen LogP contribution in [0.3, 0.4) is 0 Å². The lowest BCUT2D eigenvalue weighted by atomic mass is 10.1. The van der Waals surface area contributed by atoms with Gasteiger partial charge in [0.15, 0.2) is 11.5 Å². The van der Waals surface area contributed by atoms with Crippen LogP contribution in [0.15, 0.2) is 24.3 Å². The van der Waals surface area contributed by atoms with Gasteiger partial charge >= 0.3 is 6.18 Å². The van der Waals surface area contributed by atoms with Crippen LogP contribution in [-0.2, 0) is 6.18 Å². The Kier molecular flexibility index (Phi) is 3.63. The Labute approximate surface area is 145 Å². The molecule has 26 heavy (non-hydrogen) atoms. The van der Waals surface area contributed by atoms with Crippen molar-refractivity contribution in [1.29, 1.82) is 0 Å². The maximum atomic E-state index is 12.9. The van der Waals surface area contributed by atoms with Gasteiger partial charge in [0.2, 0.25) is 6.79 Å². The van der Waals surface area contributed by atoms with Gasteiger partial charge in [-0.15, -0.1) is 5.10 Å². The highest BCUT2D eigenvalue weighted by molar-refractivity contribution is 5.50. The van der Waals surface area contributed by atoms with Crippen molar-refractivity contribution in [1.82, 2.24) is 19.6 Å². The van der Waals surface area contributed by atoms with Crippen LogP contribution in [0.1, 0.15) is 30.0 Å². The Morgan fingerprint density at radius 3 is 2.69 bits per heavy atom. The number of hydrogen-bond acceptors (Lipinski definition) is 6. The Morgan fingerprint density at radius 2 is 1.92 bits per heavy atom. The van der Waals surface area contributed by atoms with Crippen molar-refractivity contribution in [3.05, 3.63) is 41.3 Å². The molecule has 3 heterocycles. The van der Waals surface area contributed by atoms with Gasteiger partial charge in [0.1, 0.15) is 5.82 Å². The van der Waals surface area contributed by atoms with Gasteiger partial charge in [-0.2, -0.15) is 22.7 Å². The van der Waals surface area contributed by atoms with Crippen LogP contribution in [0.5, 0.6) is 11.5 Å². The van der Waals surface area contributed by atoms with Gasteiger partial charge in [0.05, 0.1) is 6.04 Å². The second-order valence-electron chi connectivity index (χ2n) is 5.91. The highest BCUT2D eigenvalue weighted by Gasteiger charge is 2.37. The van der Waals surface area contributed by atoms with E-state index in [4.69, 9.17) is 9.47 Å². The third-order valence-electron chi connectivity index (χ3n) is 3.95. The van der Waals surface area contributed by atoms with E-state index in [0.717, 1.165) is 10.1 Å². The summed E-state index contributed by atoms with van der Waals surface area (Å²) < 4.78 is 50.4. The first-order valence-electron chi connectivity index (χ1n) is 7.79. The summed E-state index contributed by atoms with van der Waals surface area (Å²) in [6.07, 6.45) is -4.64. The number of benzene rings is 1. The molecule has 1 aliphatic rings. The molecule has 2 aromatic heterocycles. The average Bonchev–Trinajstić information content (AvgIpc) is 3.19. The fourth-order valence-electron chi connectivity index (χ4n) is 2.70. The topological polar surface area (TPSA) is 73.6 Å². The van der Waals surface area contributed by atoms with Crippen molar-refractivity contribution in [3.8, 4) is 11.5 Å². The predicted octanol–water partition coefficient (Wildman–Crippen LogP) is 3.35. The van der Waals surface area contributed by atoms with Gasteiger partial charge in [0.25, 0.3) is 11.6 Å². The number of nitrogens with one attached hydrogen (secondary N) is 1. The molecule has 0 amide bonds. The largest absolute Gasteiger partial charge is 0.454 e. The van der Waals surface area contributed by atoms with E-state index >= 15 is 0 Å². The zero-order valence-electron chi connectivity index (χ0n) is 13.8. The van der Waals surface area contributed by atoms with Crippen molar-refractivity contribution in [2.75, 3.05) is 12.1 Å². The second kappa shape index (κ2) is 5.75. The molecule has 7 nitrogen and oxygen atoms in total. The minimum Gasteiger partial charge on any atom is -0.454 e. The number of nitrogens with zero attached hydrogens (tertiary/aromatic N) is 4. The minimum atomic E-state index is -4.64. The molecule has 136 valence electrons. The molecular formula is C16H14F3N5O2. The maximum absolute atomic E-state index is 12.9. The van der Waals surface area contributed by atoms with Crippen molar-refractivity contribution < 1.29 is 22.6 Å². The fraction of sp³-hybridized carbons (Fsp3) is 0.312. The minimum absolute atomic E-state index is 0.113. The van der Waals surface area contributed by atoms with Gasteiger partial charge < -0.3 is 14.8 Å². The fourth-order valence-corrected chi connectivity index (χ4v) is 2.70. The van der Waals surface area contributed by atoms with E-state index in [0.29, 0.717) is 23.0 Å².